The zero-order valence-electron chi connectivity index (χ0n) is 5.93. The lowest BCUT2D eigenvalue weighted by atomic mass is 10.2. The first-order chi connectivity index (χ1) is 5.28. The Kier molecular flexibility index (Phi) is 3.29. The molecule has 0 saturated heterocycles. The summed E-state index contributed by atoms with van der Waals surface area (Å²) in [6.07, 6.45) is -8.30. The molecule has 0 aliphatic rings. The van der Waals surface area contributed by atoms with Crippen LogP contribution < -0.4 is 0 Å². The van der Waals surface area contributed by atoms with Gasteiger partial charge in [0.1, 0.15) is 0 Å². The van der Waals surface area contributed by atoms with Gasteiger partial charge in [0.05, 0.1) is 0 Å². The number of halogens is 4. The predicted octanol–water partition coefficient (Wildman–Crippen LogP) is 1.97. The fourth-order valence-electron chi connectivity index (χ4n) is 0.407. The van der Waals surface area contributed by atoms with Gasteiger partial charge in [-0.3, -0.25) is 0 Å². The largest absolute Gasteiger partial charge is 0.506 e. The molecule has 7 heteroatoms. The van der Waals surface area contributed by atoms with Crippen LogP contribution in [0.2, 0.25) is 0 Å². The van der Waals surface area contributed by atoms with E-state index in [4.69, 9.17) is 5.11 Å². The predicted molar refractivity (Wildman–Crippen MR) is 29.5 cm³/mol. The second-order valence-corrected chi connectivity index (χ2v) is 2.00. The minimum Gasteiger partial charge on any atom is -0.450 e. The molecule has 0 saturated carbocycles. The second kappa shape index (κ2) is 3.59. The van der Waals surface area contributed by atoms with Crippen LogP contribution in [0, 0.1) is 0 Å². The van der Waals surface area contributed by atoms with Gasteiger partial charge in [-0.05, 0) is 6.92 Å². The molecular weight excluding hydrogens is 184 g/mol. The number of ether oxygens (including phenoxy) is 1. The monoisotopic (exact) mass is 190 g/mol. The van der Waals surface area contributed by atoms with Crippen molar-refractivity contribution in [1.82, 2.24) is 0 Å². The van der Waals surface area contributed by atoms with Crippen LogP contribution in [0.4, 0.5) is 22.4 Å². The summed E-state index contributed by atoms with van der Waals surface area (Å²) in [6.45, 7) is 0.556. The highest BCUT2D eigenvalue weighted by molar-refractivity contribution is 5.57. The summed E-state index contributed by atoms with van der Waals surface area (Å²) in [6, 6.07) is 0. The lowest BCUT2D eigenvalue weighted by molar-refractivity contribution is -0.189. The number of rotatable bonds is 3. The third kappa shape index (κ3) is 2.55. The van der Waals surface area contributed by atoms with Crippen LogP contribution in [0.1, 0.15) is 6.92 Å². The van der Waals surface area contributed by atoms with E-state index in [9.17, 15) is 22.4 Å². The molecule has 1 unspecified atom stereocenters. The summed E-state index contributed by atoms with van der Waals surface area (Å²) in [5.41, 5.74) is 0. The number of carboxylic acid groups (broad SMARTS) is 1. The maximum absolute atomic E-state index is 12.2. The first-order valence-corrected chi connectivity index (χ1v) is 2.84. The molecule has 0 aromatic carbocycles. The fourth-order valence-corrected chi connectivity index (χ4v) is 0.407. The van der Waals surface area contributed by atoms with Crippen molar-refractivity contribution in [1.29, 1.82) is 0 Å². The Morgan fingerprint density at radius 3 is 2.17 bits per heavy atom. The van der Waals surface area contributed by atoms with E-state index in [1.165, 1.54) is 0 Å². The van der Waals surface area contributed by atoms with E-state index >= 15 is 0 Å². The minimum atomic E-state index is -4.45. The van der Waals surface area contributed by atoms with E-state index in [0.29, 0.717) is 6.92 Å². The van der Waals surface area contributed by atoms with E-state index in [1.54, 1.807) is 0 Å². The summed E-state index contributed by atoms with van der Waals surface area (Å²) in [4.78, 5) is 9.68. The Morgan fingerprint density at radius 1 is 1.50 bits per heavy atom. The highest BCUT2D eigenvalue weighted by Gasteiger charge is 2.48. The van der Waals surface area contributed by atoms with Crippen molar-refractivity contribution >= 4 is 6.16 Å². The van der Waals surface area contributed by atoms with Gasteiger partial charge in [-0.25, -0.2) is 13.6 Å². The normalized spacial score (nSPS) is 14.5. The minimum absolute atomic E-state index is 0.556. The fraction of sp³-hybridized carbons (Fsp3) is 0.800. The molecule has 0 spiro atoms. The molecule has 0 rings (SSSR count). The zero-order chi connectivity index (χ0) is 9.94. The Morgan fingerprint density at radius 2 is 1.92 bits per heavy atom. The van der Waals surface area contributed by atoms with E-state index in [0.717, 1.165) is 0 Å². The summed E-state index contributed by atoms with van der Waals surface area (Å²) in [5.74, 6) is -4.45. The molecule has 0 aromatic heterocycles. The molecule has 0 heterocycles. The van der Waals surface area contributed by atoms with Gasteiger partial charge in [0.2, 0.25) is 0 Å². The molecule has 0 aromatic rings. The maximum atomic E-state index is 12.2. The molecule has 1 N–H and O–H groups in total. The van der Waals surface area contributed by atoms with Crippen molar-refractivity contribution in [2.24, 2.45) is 0 Å². The summed E-state index contributed by atoms with van der Waals surface area (Å²) in [5, 5.41) is 7.83. The van der Waals surface area contributed by atoms with Crippen LogP contribution >= 0.6 is 0 Å². The number of alkyl halides is 4. The van der Waals surface area contributed by atoms with Gasteiger partial charge in [0.25, 0.3) is 0 Å². The molecule has 12 heavy (non-hydrogen) atoms. The lowest BCUT2D eigenvalue weighted by Gasteiger charge is -2.20. The van der Waals surface area contributed by atoms with Gasteiger partial charge in [0, 0.05) is 0 Å². The smallest absolute Gasteiger partial charge is 0.450 e. The van der Waals surface area contributed by atoms with Gasteiger partial charge in [-0.2, -0.15) is 8.78 Å². The number of hydrogen-bond donors (Lipinski definition) is 1. The van der Waals surface area contributed by atoms with Crippen molar-refractivity contribution < 1.29 is 32.2 Å². The molecule has 72 valence electrons. The van der Waals surface area contributed by atoms with E-state index in [-0.39, 0.29) is 0 Å². The van der Waals surface area contributed by atoms with Crippen LogP contribution in [-0.4, -0.2) is 29.7 Å². The highest BCUT2D eigenvalue weighted by Crippen LogP contribution is 2.28. The first-order valence-electron chi connectivity index (χ1n) is 2.84. The van der Waals surface area contributed by atoms with Crippen LogP contribution in [-0.2, 0) is 4.74 Å². The van der Waals surface area contributed by atoms with E-state index in [1.807, 2.05) is 0 Å². The lowest BCUT2D eigenvalue weighted by Crippen LogP contribution is -2.41. The zero-order valence-corrected chi connectivity index (χ0v) is 5.93. The molecule has 0 bridgehead atoms. The van der Waals surface area contributed by atoms with Gasteiger partial charge in [-0.1, -0.05) is 0 Å². The Hall–Kier alpha value is -1.01. The van der Waals surface area contributed by atoms with E-state index in [2.05, 4.69) is 4.74 Å². The average molecular weight is 190 g/mol. The molecule has 3 nitrogen and oxygen atoms in total. The highest BCUT2D eigenvalue weighted by atomic mass is 19.3. The summed E-state index contributed by atoms with van der Waals surface area (Å²) < 4.78 is 50.8. The summed E-state index contributed by atoms with van der Waals surface area (Å²) in [7, 11) is 0. The van der Waals surface area contributed by atoms with Crippen molar-refractivity contribution in [3.63, 3.8) is 0 Å². The maximum Gasteiger partial charge on any atom is 0.506 e. The second-order valence-electron chi connectivity index (χ2n) is 2.00. The van der Waals surface area contributed by atoms with Crippen LogP contribution in [0.25, 0.3) is 0 Å². The quantitative estimate of drug-likeness (QED) is 0.546. The van der Waals surface area contributed by atoms with Crippen LogP contribution in [0.5, 0.6) is 0 Å². The molecule has 0 aliphatic heterocycles. The number of carbonyl (C=O) groups is 1. The Balaban J connectivity index is 4.24. The van der Waals surface area contributed by atoms with Gasteiger partial charge < -0.3 is 9.84 Å². The van der Waals surface area contributed by atoms with Gasteiger partial charge in [-0.15, -0.1) is 0 Å². The molecule has 1 atom stereocenters. The van der Waals surface area contributed by atoms with Crippen molar-refractivity contribution in [3.05, 3.63) is 0 Å². The van der Waals surface area contributed by atoms with Crippen LogP contribution in [0.3, 0.4) is 0 Å². The SMILES string of the molecule is CC(OC(=O)O)C(F)(F)C(F)F. The van der Waals surface area contributed by atoms with Gasteiger partial charge >= 0.3 is 18.5 Å². The molecule has 0 fully saturated rings. The molecular formula is C5H6F4O3. The third-order valence-corrected chi connectivity index (χ3v) is 1.11. The Bertz CT molecular complexity index is 170. The molecule has 0 radical (unpaired) electrons. The summed E-state index contributed by atoms with van der Waals surface area (Å²) >= 11 is 0. The molecule has 0 amide bonds. The number of hydrogen-bond acceptors (Lipinski definition) is 2. The van der Waals surface area contributed by atoms with Crippen molar-refractivity contribution in [2.45, 2.75) is 25.4 Å². The van der Waals surface area contributed by atoms with Crippen molar-refractivity contribution in [3.8, 4) is 0 Å². The van der Waals surface area contributed by atoms with Gasteiger partial charge in [0.15, 0.2) is 6.10 Å². The third-order valence-electron chi connectivity index (χ3n) is 1.11. The van der Waals surface area contributed by atoms with Crippen LogP contribution in [0.15, 0.2) is 0 Å². The standard InChI is InChI=1S/C5H6F4O3/c1-2(12-4(10)11)5(8,9)3(6)7/h2-3H,1H3,(H,10,11). The van der Waals surface area contributed by atoms with Crippen molar-refractivity contribution in [2.75, 3.05) is 0 Å². The first kappa shape index (κ1) is 11.0. The topological polar surface area (TPSA) is 46.5 Å². The Labute approximate surface area is 64.9 Å². The molecule has 0 aliphatic carbocycles. The average Bonchev–Trinajstić information content (AvgIpc) is 1.85. The van der Waals surface area contributed by atoms with E-state index < -0.39 is 24.6 Å².